The Morgan fingerprint density at radius 2 is 1.74 bits per heavy atom. The van der Waals surface area contributed by atoms with Crippen LogP contribution in [0.25, 0.3) is 0 Å². The van der Waals surface area contributed by atoms with Crippen LogP contribution in [0.5, 0.6) is 0 Å². The Kier molecular flexibility index (Phi) is 4.23. The molecule has 0 aliphatic carbocycles. The zero-order valence-corrected chi connectivity index (χ0v) is 14.5. The van der Waals surface area contributed by atoms with E-state index in [1.807, 2.05) is 20.8 Å². The molecule has 0 aromatic heterocycles. The number of carbonyl (C=O) groups excluding carboxylic acids is 1. The van der Waals surface area contributed by atoms with Gasteiger partial charge in [-0.25, -0.2) is 4.79 Å². The van der Waals surface area contributed by atoms with Crippen LogP contribution in [0.15, 0.2) is 12.1 Å². The Hall–Kier alpha value is -1.75. The van der Waals surface area contributed by atoms with E-state index >= 15 is 0 Å². The molecule has 2 heterocycles. The van der Waals surface area contributed by atoms with Gasteiger partial charge in [-0.05, 0) is 50.5 Å². The number of hydrogen-bond acceptors (Lipinski definition) is 4. The monoisotopic (exact) mass is 318 g/mol. The fourth-order valence-electron chi connectivity index (χ4n) is 3.16. The molecule has 1 amide bonds. The lowest BCUT2D eigenvalue weighted by atomic mass is 10.0. The molecule has 23 heavy (non-hydrogen) atoms. The van der Waals surface area contributed by atoms with Crippen molar-refractivity contribution in [2.24, 2.45) is 0 Å². The number of anilines is 1. The van der Waals surface area contributed by atoms with E-state index < -0.39 is 5.60 Å². The number of amides is 1. The van der Waals surface area contributed by atoms with Crippen LogP contribution in [0.1, 0.15) is 37.5 Å². The average molecular weight is 318 g/mol. The predicted molar refractivity (Wildman–Crippen MR) is 89.7 cm³/mol. The van der Waals surface area contributed by atoms with Gasteiger partial charge in [-0.15, -0.1) is 0 Å². The van der Waals surface area contributed by atoms with Crippen molar-refractivity contribution < 1.29 is 14.3 Å². The summed E-state index contributed by atoms with van der Waals surface area (Å²) in [5, 5.41) is 0. The fraction of sp³-hybridized carbons (Fsp3) is 0.611. The summed E-state index contributed by atoms with van der Waals surface area (Å²) in [6.45, 7) is 12.5. The molecule has 5 nitrogen and oxygen atoms in total. The summed E-state index contributed by atoms with van der Waals surface area (Å²) < 4.78 is 10.9. The smallest absolute Gasteiger partial charge is 0.410 e. The summed E-state index contributed by atoms with van der Waals surface area (Å²) >= 11 is 0. The molecular weight excluding hydrogens is 292 g/mol. The van der Waals surface area contributed by atoms with E-state index in [1.165, 1.54) is 22.4 Å². The minimum Gasteiger partial charge on any atom is -0.444 e. The molecule has 126 valence electrons. The molecule has 0 N–H and O–H groups in total. The van der Waals surface area contributed by atoms with Crippen LogP contribution in [-0.2, 0) is 22.6 Å². The van der Waals surface area contributed by atoms with Gasteiger partial charge in [-0.3, -0.25) is 4.90 Å². The number of carbonyl (C=O) groups is 1. The maximum Gasteiger partial charge on any atom is 0.410 e. The molecule has 5 heteroatoms. The van der Waals surface area contributed by atoms with E-state index in [0.29, 0.717) is 13.1 Å². The van der Waals surface area contributed by atoms with Crippen LogP contribution in [-0.4, -0.2) is 42.9 Å². The number of morpholine rings is 1. The fourth-order valence-corrected chi connectivity index (χ4v) is 3.16. The number of benzene rings is 1. The topological polar surface area (TPSA) is 42.0 Å². The molecule has 1 aromatic rings. The molecule has 0 radical (unpaired) electrons. The number of ether oxygens (including phenoxy) is 2. The van der Waals surface area contributed by atoms with Gasteiger partial charge in [0, 0.05) is 31.9 Å². The van der Waals surface area contributed by atoms with Gasteiger partial charge in [0.2, 0.25) is 0 Å². The molecule has 2 aliphatic heterocycles. The summed E-state index contributed by atoms with van der Waals surface area (Å²) in [7, 11) is 0. The minimum atomic E-state index is -0.458. The molecule has 2 aliphatic rings. The normalized spacial score (nSPS) is 18.1. The van der Waals surface area contributed by atoms with Gasteiger partial charge >= 0.3 is 6.09 Å². The van der Waals surface area contributed by atoms with Crippen molar-refractivity contribution in [3.63, 3.8) is 0 Å². The van der Waals surface area contributed by atoms with Crippen molar-refractivity contribution >= 4 is 11.8 Å². The second-order valence-corrected chi connectivity index (χ2v) is 7.34. The first-order valence-electron chi connectivity index (χ1n) is 8.26. The Balaban J connectivity index is 1.76. The Morgan fingerprint density at radius 3 is 2.35 bits per heavy atom. The molecule has 0 saturated carbocycles. The highest BCUT2D eigenvalue weighted by atomic mass is 16.6. The van der Waals surface area contributed by atoms with Gasteiger partial charge in [0.05, 0.1) is 13.2 Å². The summed E-state index contributed by atoms with van der Waals surface area (Å²) in [5.74, 6) is 0. The van der Waals surface area contributed by atoms with Crippen molar-refractivity contribution in [3.8, 4) is 0 Å². The number of rotatable bonds is 1. The first-order valence-corrected chi connectivity index (χ1v) is 8.26. The van der Waals surface area contributed by atoms with Gasteiger partial charge in [-0.2, -0.15) is 0 Å². The second kappa shape index (κ2) is 6.04. The van der Waals surface area contributed by atoms with Gasteiger partial charge in [0.1, 0.15) is 5.60 Å². The van der Waals surface area contributed by atoms with Crippen molar-refractivity contribution in [1.29, 1.82) is 0 Å². The summed E-state index contributed by atoms with van der Waals surface area (Å²) in [6.07, 6.45) is -0.237. The lowest BCUT2D eigenvalue weighted by molar-refractivity contribution is 0.0242. The molecule has 1 aromatic carbocycles. The van der Waals surface area contributed by atoms with Crippen molar-refractivity contribution in [2.75, 3.05) is 31.2 Å². The number of fused-ring (bicyclic) bond motifs is 1. The quantitative estimate of drug-likeness (QED) is 0.798. The van der Waals surface area contributed by atoms with Gasteiger partial charge in [0.25, 0.3) is 0 Å². The highest BCUT2D eigenvalue weighted by molar-refractivity contribution is 5.70. The lowest BCUT2D eigenvalue weighted by Gasteiger charge is -2.30. The molecule has 0 bridgehead atoms. The number of hydrogen-bond donors (Lipinski definition) is 0. The van der Waals surface area contributed by atoms with E-state index in [2.05, 4.69) is 24.0 Å². The van der Waals surface area contributed by atoms with Crippen molar-refractivity contribution in [1.82, 2.24) is 4.90 Å². The number of nitrogens with zero attached hydrogens (tertiary/aromatic N) is 2. The summed E-state index contributed by atoms with van der Waals surface area (Å²) in [5.41, 5.74) is 4.52. The second-order valence-electron chi connectivity index (χ2n) is 7.34. The minimum absolute atomic E-state index is 0.237. The van der Waals surface area contributed by atoms with Crippen LogP contribution in [0, 0.1) is 6.92 Å². The first kappa shape index (κ1) is 16.1. The van der Waals surface area contributed by atoms with Crippen molar-refractivity contribution in [3.05, 3.63) is 28.8 Å². The third-order valence-corrected chi connectivity index (χ3v) is 4.24. The zero-order chi connectivity index (χ0) is 16.6. The highest BCUT2D eigenvalue weighted by Crippen LogP contribution is 2.31. The summed E-state index contributed by atoms with van der Waals surface area (Å²) in [4.78, 5) is 16.4. The summed E-state index contributed by atoms with van der Waals surface area (Å²) in [6, 6.07) is 4.45. The van der Waals surface area contributed by atoms with E-state index in [-0.39, 0.29) is 6.09 Å². The van der Waals surface area contributed by atoms with Crippen LogP contribution in [0.4, 0.5) is 10.5 Å². The van der Waals surface area contributed by atoms with Gasteiger partial charge in [0.15, 0.2) is 0 Å². The highest BCUT2D eigenvalue weighted by Gasteiger charge is 2.29. The van der Waals surface area contributed by atoms with Crippen LogP contribution in [0.2, 0.25) is 0 Å². The van der Waals surface area contributed by atoms with E-state index in [4.69, 9.17) is 9.47 Å². The molecular formula is C18H26N2O3. The van der Waals surface area contributed by atoms with E-state index in [0.717, 1.165) is 26.3 Å². The van der Waals surface area contributed by atoms with Gasteiger partial charge in [-0.1, -0.05) is 6.07 Å². The Labute approximate surface area is 138 Å². The van der Waals surface area contributed by atoms with Crippen LogP contribution in [0.3, 0.4) is 0 Å². The molecule has 3 rings (SSSR count). The Bertz CT molecular complexity index is 601. The SMILES string of the molecule is Cc1cc2c(cc1N1CCOCC1)CN(C(=O)OC(C)(C)C)C2. The average Bonchev–Trinajstić information content (AvgIpc) is 2.88. The zero-order valence-electron chi connectivity index (χ0n) is 14.5. The van der Waals surface area contributed by atoms with E-state index in [1.54, 1.807) is 4.90 Å². The third-order valence-electron chi connectivity index (χ3n) is 4.24. The maximum atomic E-state index is 12.3. The standard InChI is InChI=1S/C18H26N2O3/c1-13-9-14-11-20(17(21)23-18(2,3)4)12-15(14)10-16(13)19-5-7-22-8-6-19/h9-10H,5-8,11-12H2,1-4H3. The number of aryl methyl sites for hydroxylation is 1. The maximum absolute atomic E-state index is 12.3. The molecule has 1 fully saturated rings. The Morgan fingerprint density at radius 1 is 1.13 bits per heavy atom. The molecule has 0 atom stereocenters. The first-order chi connectivity index (χ1) is 10.8. The predicted octanol–water partition coefficient (Wildman–Crippen LogP) is 3.08. The molecule has 1 saturated heterocycles. The molecule has 0 spiro atoms. The third kappa shape index (κ3) is 3.61. The largest absolute Gasteiger partial charge is 0.444 e. The van der Waals surface area contributed by atoms with Crippen LogP contribution >= 0.6 is 0 Å². The lowest BCUT2D eigenvalue weighted by Crippen LogP contribution is -2.36. The molecule has 0 unspecified atom stereocenters. The van der Waals surface area contributed by atoms with Crippen molar-refractivity contribution in [2.45, 2.75) is 46.4 Å². The van der Waals surface area contributed by atoms with Gasteiger partial charge < -0.3 is 14.4 Å². The van der Waals surface area contributed by atoms with Crippen LogP contribution < -0.4 is 4.90 Å². The van der Waals surface area contributed by atoms with E-state index in [9.17, 15) is 4.79 Å².